The van der Waals surface area contributed by atoms with Crippen LogP contribution in [0.15, 0.2) is 42.7 Å². The molecule has 0 saturated carbocycles. The summed E-state index contributed by atoms with van der Waals surface area (Å²) in [5, 5.41) is 1.03. The lowest BCUT2D eigenvalue weighted by atomic mass is 10.1. The molecule has 0 radical (unpaired) electrons. The highest BCUT2D eigenvalue weighted by atomic mass is 16.2. The minimum Gasteiger partial charge on any atom is -0.350 e. The van der Waals surface area contributed by atoms with Gasteiger partial charge in [-0.2, -0.15) is 0 Å². The van der Waals surface area contributed by atoms with Crippen LogP contribution < -0.4 is 0 Å². The van der Waals surface area contributed by atoms with Crippen LogP contribution in [-0.2, 0) is 20.0 Å². The van der Waals surface area contributed by atoms with Crippen LogP contribution in [0.1, 0.15) is 35.2 Å². The van der Waals surface area contributed by atoms with Gasteiger partial charge in [0, 0.05) is 69.5 Å². The molecule has 146 valence electrons. The largest absolute Gasteiger partial charge is 0.350 e. The zero-order valence-corrected chi connectivity index (χ0v) is 16.6. The summed E-state index contributed by atoms with van der Waals surface area (Å²) >= 11 is 0. The van der Waals surface area contributed by atoms with Crippen molar-refractivity contribution in [1.82, 2.24) is 24.3 Å². The molecule has 0 N–H and O–H groups in total. The molecular weight excluding hydrogens is 350 g/mol. The van der Waals surface area contributed by atoms with Gasteiger partial charge in [0.05, 0.1) is 11.3 Å². The van der Waals surface area contributed by atoms with Gasteiger partial charge in [-0.15, -0.1) is 0 Å². The van der Waals surface area contributed by atoms with Gasteiger partial charge in [0.15, 0.2) is 0 Å². The summed E-state index contributed by atoms with van der Waals surface area (Å²) < 4.78 is 2.03. The molecule has 2 aromatic heterocycles. The zero-order chi connectivity index (χ0) is 19.5. The number of fused-ring (bicyclic) bond motifs is 1. The van der Waals surface area contributed by atoms with E-state index >= 15 is 0 Å². The smallest absolute Gasteiger partial charge is 0.256 e. The first-order valence-corrected chi connectivity index (χ1v) is 10.0. The quantitative estimate of drug-likeness (QED) is 0.702. The number of benzene rings is 1. The number of nitrogens with zero attached hydrogens (tertiary/aromatic N) is 5. The lowest BCUT2D eigenvalue weighted by Crippen LogP contribution is -2.35. The highest BCUT2D eigenvalue weighted by Crippen LogP contribution is 2.22. The summed E-state index contributed by atoms with van der Waals surface area (Å²) in [7, 11) is 2.00. The average molecular weight is 377 g/mol. The molecule has 1 fully saturated rings. The summed E-state index contributed by atoms with van der Waals surface area (Å²) in [6.45, 7) is 6.26. The van der Waals surface area contributed by atoms with E-state index in [-0.39, 0.29) is 5.91 Å². The zero-order valence-electron chi connectivity index (χ0n) is 16.6. The summed E-state index contributed by atoms with van der Waals surface area (Å²) in [5.74, 6) is 1.02. The fourth-order valence-corrected chi connectivity index (χ4v) is 3.94. The first-order chi connectivity index (χ1) is 13.7. The number of hydrogen-bond donors (Lipinski definition) is 0. The lowest BCUT2D eigenvalue weighted by Gasteiger charge is -2.21. The lowest BCUT2D eigenvalue weighted by molar-refractivity contribution is 0.0763. The number of carbonyl (C=O) groups excluding carboxylic acids is 1. The van der Waals surface area contributed by atoms with Crippen molar-refractivity contribution in [1.29, 1.82) is 0 Å². The molecule has 1 aromatic carbocycles. The Labute approximate surface area is 165 Å². The monoisotopic (exact) mass is 377 g/mol. The molecular formula is C22H27N5O. The molecule has 0 bridgehead atoms. The van der Waals surface area contributed by atoms with E-state index in [2.05, 4.69) is 27.9 Å². The van der Waals surface area contributed by atoms with Gasteiger partial charge >= 0.3 is 0 Å². The second-order valence-electron chi connectivity index (χ2n) is 7.41. The third kappa shape index (κ3) is 3.78. The van der Waals surface area contributed by atoms with E-state index in [0.717, 1.165) is 73.6 Å². The minimum absolute atomic E-state index is 0.133. The van der Waals surface area contributed by atoms with Crippen LogP contribution in [0.25, 0.3) is 10.9 Å². The van der Waals surface area contributed by atoms with Gasteiger partial charge in [-0.3, -0.25) is 9.69 Å². The Balaban J connectivity index is 1.45. The molecule has 28 heavy (non-hydrogen) atoms. The van der Waals surface area contributed by atoms with Gasteiger partial charge in [-0.05, 0) is 18.6 Å². The maximum Gasteiger partial charge on any atom is 0.256 e. The van der Waals surface area contributed by atoms with Gasteiger partial charge < -0.3 is 9.47 Å². The summed E-state index contributed by atoms with van der Waals surface area (Å²) in [6.07, 6.45) is 5.63. The molecule has 1 amide bonds. The maximum atomic E-state index is 13.2. The predicted molar refractivity (Wildman–Crippen MR) is 110 cm³/mol. The average Bonchev–Trinajstić information content (AvgIpc) is 2.89. The van der Waals surface area contributed by atoms with Crippen molar-refractivity contribution in [3.63, 3.8) is 0 Å². The highest BCUT2D eigenvalue weighted by molar-refractivity contribution is 6.07. The molecule has 3 heterocycles. The van der Waals surface area contributed by atoms with Crippen LogP contribution in [0, 0.1) is 0 Å². The van der Waals surface area contributed by atoms with Crippen LogP contribution in [0.5, 0.6) is 0 Å². The first-order valence-electron chi connectivity index (χ1n) is 10.0. The topological polar surface area (TPSA) is 54.3 Å². The predicted octanol–water partition coefficient (Wildman–Crippen LogP) is 2.88. The van der Waals surface area contributed by atoms with E-state index in [9.17, 15) is 4.79 Å². The van der Waals surface area contributed by atoms with Gasteiger partial charge in [0.2, 0.25) is 0 Å². The van der Waals surface area contributed by atoms with Crippen molar-refractivity contribution in [2.75, 3.05) is 26.2 Å². The van der Waals surface area contributed by atoms with Gasteiger partial charge in [-0.1, -0.05) is 25.1 Å². The SMILES string of the molecule is CCc1nccc(CN2CCCN(C(=O)c3cn(C)c4ccccc34)CC2)n1. The molecule has 1 aliphatic heterocycles. The number of aromatic nitrogens is 3. The standard InChI is InChI=1S/C22H27N5O/c1-3-21-23-10-9-17(24-21)15-26-11-6-12-27(14-13-26)22(28)19-16-25(2)20-8-5-4-7-18(19)20/h4-5,7-10,16H,3,6,11-15H2,1-2H3. The van der Waals surface area contributed by atoms with E-state index in [1.165, 1.54) is 0 Å². The van der Waals surface area contributed by atoms with Crippen LogP contribution in [0.3, 0.4) is 0 Å². The molecule has 1 aliphatic rings. The molecule has 0 atom stereocenters. The van der Waals surface area contributed by atoms with Crippen molar-refractivity contribution in [3.8, 4) is 0 Å². The third-order valence-corrected chi connectivity index (χ3v) is 5.47. The summed E-state index contributed by atoms with van der Waals surface area (Å²) in [4.78, 5) is 26.5. The Morgan fingerprint density at radius 2 is 1.96 bits per heavy atom. The van der Waals surface area contributed by atoms with Crippen LogP contribution in [-0.4, -0.2) is 56.4 Å². The molecule has 0 unspecified atom stereocenters. The van der Waals surface area contributed by atoms with Crippen molar-refractivity contribution in [3.05, 3.63) is 59.8 Å². The third-order valence-electron chi connectivity index (χ3n) is 5.47. The summed E-state index contributed by atoms with van der Waals surface area (Å²) in [6, 6.07) is 10.1. The van der Waals surface area contributed by atoms with E-state index in [1.807, 2.05) is 53.2 Å². The Morgan fingerprint density at radius 3 is 2.82 bits per heavy atom. The molecule has 6 heteroatoms. The molecule has 0 aliphatic carbocycles. The Hall–Kier alpha value is -2.73. The van der Waals surface area contributed by atoms with Crippen LogP contribution in [0.4, 0.5) is 0 Å². The second-order valence-corrected chi connectivity index (χ2v) is 7.41. The number of hydrogen-bond acceptors (Lipinski definition) is 4. The van der Waals surface area contributed by atoms with Crippen molar-refractivity contribution in [2.45, 2.75) is 26.3 Å². The summed E-state index contributed by atoms with van der Waals surface area (Å²) in [5.41, 5.74) is 2.95. The van der Waals surface area contributed by atoms with Gasteiger partial charge in [-0.25, -0.2) is 9.97 Å². The maximum absolute atomic E-state index is 13.2. The normalized spacial score (nSPS) is 15.7. The van der Waals surface area contributed by atoms with Crippen molar-refractivity contribution in [2.24, 2.45) is 7.05 Å². The van der Waals surface area contributed by atoms with E-state index < -0.39 is 0 Å². The Kier molecular flexibility index (Phi) is 5.39. The van der Waals surface area contributed by atoms with E-state index in [0.29, 0.717) is 0 Å². The fraction of sp³-hybridized carbons (Fsp3) is 0.409. The number of amides is 1. The number of aryl methyl sites for hydroxylation is 2. The van der Waals surface area contributed by atoms with E-state index in [4.69, 9.17) is 0 Å². The van der Waals surface area contributed by atoms with Crippen LogP contribution in [0.2, 0.25) is 0 Å². The Morgan fingerprint density at radius 1 is 1.11 bits per heavy atom. The van der Waals surface area contributed by atoms with Crippen LogP contribution >= 0.6 is 0 Å². The first kappa shape index (κ1) is 18.6. The molecule has 3 aromatic rings. The van der Waals surface area contributed by atoms with Crippen molar-refractivity contribution < 1.29 is 4.79 Å². The van der Waals surface area contributed by atoms with Gasteiger partial charge in [0.1, 0.15) is 5.82 Å². The fourth-order valence-electron chi connectivity index (χ4n) is 3.94. The van der Waals surface area contributed by atoms with E-state index in [1.54, 1.807) is 0 Å². The molecule has 1 saturated heterocycles. The second kappa shape index (κ2) is 8.10. The number of para-hydroxylation sites is 1. The molecule has 0 spiro atoms. The molecule has 6 nitrogen and oxygen atoms in total. The number of rotatable bonds is 4. The molecule has 4 rings (SSSR count). The minimum atomic E-state index is 0.133. The Bertz CT molecular complexity index is 980. The number of carbonyl (C=O) groups is 1. The van der Waals surface area contributed by atoms with Crippen molar-refractivity contribution >= 4 is 16.8 Å². The van der Waals surface area contributed by atoms with Gasteiger partial charge in [0.25, 0.3) is 5.91 Å². The highest BCUT2D eigenvalue weighted by Gasteiger charge is 2.23.